The van der Waals surface area contributed by atoms with Gasteiger partial charge in [0, 0.05) is 6.42 Å². The summed E-state index contributed by atoms with van der Waals surface area (Å²) in [4.78, 5) is 10.2. The largest absolute Gasteiger partial charge is 0.348 e. The molecule has 12 heavy (non-hydrogen) atoms. The van der Waals surface area contributed by atoms with Crippen molar-refractivity contribution >= 4 is 6.29 Å². The van der Waals surface area contributed by atoms with Gasteiger partial charge in [-0.2, -0.15) is 0 Å². The number of carbonyl (C=O) groups excluding carboxylic acids is 1. The molecule has 0 unspecified atom stereocenters. The molecule has 0 amide bonds. The summed E-state index contributed by atoms with van der Waals surface area (Å²) in [6.07, 6.45) is 2.19. The Morgan fingerprint density at radius 3 is 2.50 bits per heavy atom. The van der Waals surface area contributed by atoms with Crippen LogP contribution in [0.1, 0.15) is 33.6 Å². The molecule has 3 heteroatoms. The number of rotatable bonds is 3. The first kappa shape index (κ1) is 9.68. The summed E-state index contributed by atoms with van der Waals surface area (Å²) in [5.74, 6) is -0.488. The van der Waals surface area contributed by atoms with Gasteiger partial charge in [0.25, 0.3) is 0 Å². The second-order valence-corrected chi connectivity index (χ2v) is 3.95. The lowest BCUT2D eigenvalue weighted by atomic mass is 10.0. The van der Waals surface area contributed by atoms with Gasteiger partial charge < -0.3 is 14.3 Å². The third kappa shape index (κ3) is 2.29. The van der Waals surface area contributed by atoms with E-state index in [-0.39, 0.29) is 5.60 Å². The quantitative estimate of drug-likeness (QED) is 0.605. The maximum absolute atomic E-state index is 10.2. The van der Waals surface area contributed by atoms with Crippen molar-refractivity contribution in [1.82, 2.24) is 0 Å². The molecule has 1 heterocycles. The zero-order valence-corrected chi connectivity index (χ0v) is 7.92. The van der Waals surface area contributed by atoms with Crippen LogP contribution in [-0.4, -0.2) is 24.3 Å². The predicted octanol–water partition coefficient (Wildman–Crippen LogP) is 1.51. The molecule has 0 aromatic heterocycles. The molecule has 1 fully saturated rings. The molecule has 0 bridgehead atoms. The molecule has 1 atom stereocenters. The van der Waals surface area contributed by atoms with Crippen LogP contribution in [-0.2, 0) is 14.3 Å². The molecule has 0 aromatic carbocycles. The Hall–Kier alpha value is -0.410. The van der Waals surface area contributed by atoms with Crippen LogP contribution in [0.3, 0.4) is 0 Å². The monoisotopic (exact) mass is 172 g/mol. The summed E-state index contributed by atoms with van der Waals surface area (Å²) in [5.41, 5.74) is -0.273. The maximum Gasteiger partial charge on any atom is 0.163 e. The highest BCUT2D eigenvalue weighted by atomic mass is 16.7. The van der Waals surface area contributed by atoms with Crippen LogP contribution < -0.4 is 0 Å². The fourth-order valence-electron chi connectivity index (χ4n) is 1.47. The summed E-state index contributed by atoms with van der Waals surface area (Å²) >= 11 is 0. The van der Waals surface area contributed by atoms with Crippen LogP contribution in [0, 0.1) is 0 Å². The van der Waals surface area contributed by atoms with Crippen molar-refractivity contribution < 1.29 is 14.3 Å². The second-order valence-electron chi connectivity index (χ2n) is 3.95. The van der Waals surface area contributed by atoms with E-state index in [2.05, 4.69) is 0 Å². The van der Waals surface area contributed by atoms with Crippen molar-refractivity contribution in [1.29, 1.82) is 0 Å². The van der Waals surface area contributed by atoms with Crippen molar-refractivity contribution in [3.05, 3.63) is 0 Å². The van der Waals surface area contributed by atoms with Gasteiger partial charge in [-0.1, -0.05) is 0 Å². The lowest BCUT2D eigenvalue weighted by Crippen LogP contribution is -2.30. The summed E-state index contributed by atoms with van der Waals surface area (Å²) in [6.45, 7) is 6.33. The van der Waals surface area contributed by atoms with Gasteiger partial charge in [-0.15, -0.1) is 0 Å². The number of carbonyl (C=O) groups is 1. The van der Waals surface area contributed by atoms with E-state index in [9.17, 15) is 4.79 Å². The Balaban J connectivity index is 2.46. The van der Waals surface area contributed by atoms with Crippen molar-refractivity contribution in [3.63, 3.8) is 0 Å². The van der Waals surface area contributed by atoms with Gasteiger partial charge in [0.05, 0.1) is 12.2 Å². The zero-order chi connectivity index (χ0) is 9.24. The predicted molar refractivity (Wildman–Crippen MR) is 44.8 cm³/mol. The maximum atomic E-state index is 10.2. The first-order valence-corrected chi connectivity index (χ1v) is 4.25. The molecule has 3 nitrogen and oxygen atoms in total. The Morgan fingerprint density at radius 2 is 2.08 bits per heavy atom. The summed E-state index contributed by atoms with van der Waals surface area (Å²) in [6, 6.07) is 0. The molecule has 1 rings (SSSR count). The minimum atomic E-state index is -0.488. The van der Waals surface area contributed by atoms with Gasteiger partial charge >= 0.3 is 0 Å². The fraction of sp³-hybridized carbons (Fsp3) is 0.889. The number of hydrogen-bond acceptors (Lipinski definition) is 3. The molecule has 0 N–H and O–H groups in total. The van der Waals surface area contributed by atoms with Gasteiger partial charge in [0.1, 0.15) is 6.29 Å². The standard InChI is InChI=1S/C9H16O3/c1-8(2)11-7-9(3,12-8)5-4-6-10/h6H,4-5,7H2,1-3H3/t9-/m1/s1. The zero-order valence-electron chi connectivity index (χ0n) is 7.92. The highest BCUT2D eigenvalue weighted by Gasteiger charge is 2.41. The number of aldehydes is 1. The van der Waals surface area contributed by atoms with Gasteiger partial charge in [0.2, 0.25) is 0 Å². The minimum Gasteiger partial charge on any atom is -0.348 e. The van der Waals surface area contributed by atoms with Gasteiger partial charge in [-0.05, 0) is 27.2 Å². The van der Waals surface area contributed by atoms with E-state index < -0.39 is 5.79 Å². The molecular formula is C9H16O3. The van der Waals surface area contributed by atoms with E-state index in [1.54, 1.807) is 0 Å². The molecule has 0 aromatic rings. The third-order valence-corrected chi connectivity index (χ3v) is 2.01. The number of ether oxygens (including phenoxy) is 2. The highest BCUT2D eigenvalue weighted by Crippen LogP contribution is 2.33. The van der Waals surface area contributed by atoms with Crippen molar-refractivity contribution in [3.8, 4) is 0 Å². The Morgan fingerprint density at radius 1 is 1.42 bits per heavy atom. The molecule has 0 aliphatic carbocycles. The normalized spacial score (nSPS) is 33.6. The van der Waals surface area contributed by atoms with Gasteiger partial charge in [-0.3, -0.25) is 0 Å². The SMILES string of the molecule is CC1(C)OC[C@@](C)(CCC=O)O1. The van der Waals surface area contributed by atoms with Crippen LogP contribution in [0.4, 0.5) is 0 Å². The van der Waals surface area contributed by atoms with Gasteiger partial charge in [-0.25, -0.2) is 0 Å². The van der Waals surface area contributed by atoms with Crippen LogP contribution in [0.25, 0.3) is 0 Å². The van der Waals surface area contributed by atoms with E-state index >= 15 is 0 Å². The highest BCUT2D eigenvalue weighted by molar-refractivity contribution is 5.49. The lowest BCUT2D eigenvalue weighted by molar-refractivity contribution is -0.159. The molecule has 1 saturated heterocycles. The number of hydrogen-bond donors (Lipinski definition) is 0. The first-order chi connectivity index (χ1) is 5.47. The Bertz CT molecular complexity index is 177. The first-order valence-electron chi connectivity index (χ1n) is 4.25. The molecular weight excluding hydrogens is 156 g/mol. The van der Waals surface area contributed by atoms with Crippen LogP contribution in [0.15, 0.2) is 0 Å². The summed E-state index contributed by atoms with van der Waals surface area (Å²) in [5, 5.41) is 0. The van der Waals surface area contributed by atoms with E-state index in [4.69, 9.17) is 9.47 Å². The fourth-order valence-corrected chi connectivity index (χ4v) is 1.47. The average Bonchev–Trinajstić information content (AvgIpc) is 2.23. The molecule has 0 radical (unpaired) electrons. The van der Waals surface area contributed by atoms with Crippen molar-refractivity contribution in [2.24, 2.45) is 0 Å². The van der Waals surface area contributed by atoms with E-state index in [0.29, 0.717) is 13.0 Å². The smallest absolute Gasteiger partial charge is 0.163 e. The van der Waals surface area contributed by atoms with E-state index in [0.717, 1.165) is 12.7 Å². The van der Waals surface area contributed by atoms with Crippen molar-refractivity contribution in [2.45, 2.75) is 45.0 Å². The molecule has 1 aliphatic heterocycles. The molecule has 1 aliphatic rings. The molecule has 0 saturated carbocycles. The van der Waals surface area contributed by atoms with E-state index in [1.807, 2.05) is 20.8 Å². The van der Waals surface area contributed by atoms with Crippen LogP contribution in [0.5, 0.6) is 0 Å². The third-order valence-electron chi connectivity index (χ3n) is 2.01. The van der Waals surface area contributed by atoms with E-state index in [1.165, 1.54) is 0 Å². The molecule has 0 spiro atoms. The second kappa shape index (κ2) is 3.15. The summed E-state index contributed by atoms with van der Waals surface area (Å²) < 4.78 is 11.1. The summed E-state index contributed by atoms with van der Waals surface area (Å²) in [7, 11) is 0. The average molecular weight is 172 g/mol. The molecule has 70 valence electrons. The van der Waals surface area contributed by atoms with Crippen molar-refractivity contribution in [2.75, 3.05) is 6.61 Å². The Labute approximate surface area is 73.0 Å². The lowest BCUT2D eigenvalue weighted by Gasteiger charge is -2.24. The van der Waals surface area contributed by atoms with Crippen LogP contribution in [0.2, 0.25) is 0 Å². The minimum absolute atomic E-state index is 0.273. The Kier molecular flexibility index (Phi) is 2.54. The van der Waals surface area contributed by atoms with Gasteiger partial charge in [0.15, 0.2) is 5.79 Å². The topological polar surface area (TPSA) is 35.5 Å². The van der Waals surface area contributed by atoms with Crippen LogP contribution >= 0.6 is 0 Å².